The average Bonchev–Trinajstić information content (AvgIpc) is 3.10. The van der Waals surface area contributed by atoms with Gasteiger partial charge in [-0.1, -0.05) is 13.8 Å². The van der Waals surface area contributed by atoms with Crippen LogP contribution in [0.4, 0.5) is 0 Å². The molecule has 1 fully saturated rings. The van der Waals surface area contributed by atoms with Gasteiger partial charge in [-0.3, -0.25) is 4.79 Å². The summed E-state index contributed by atoms with van der Waals surface area (Å²) in [5.74, 6) is 0.483. The molecule has 1 aliphatic carbocycles. The Morgan fingerprint density at radius 3 is 2.95 bits per heavy atom. The molecular formula is C14H18N4O. The van der Waals surface area contributed by atoms with E-state index >= 15 is 0 Å². The molecule has 19 heavy (non-hydrogen) atoms. The van der Waals surface area contributed by atoms with Gasteiger partial charge in [-0.15, -0.1) is 0 Å². The molecule has 100 valence electrons. The van der Waals surface area contributed by atoms with Crippen molar-refractivity contribution in [3.8, 4) is 0 Å². The molecule has 0 bridgehead atoms. The number of hydrogen-bond acceptors (Lipinski definition) is 3. The van der Waals surface area contributed by atoms with Gasteiger partial charge < -0.3 is 5.32 Å². The van der Waals surface area contributed by atoms with Gasteiger partial charge in [0.25, 0.3) is 5.91 Å². The summed E-state index contributed by atoms with van der Waals surface area (Å²) in [6.45, 7) is 5.13. The molecule has 2 aromatic heterocycles. The van der Waals surface area contributed by atoms with Crippen LogP contribution in [0, 0.1) is 5.92 Å². The maximum atomic E-state index is 11.9. The molecule has 1 N–H and O–H groups in total. The van der Waals surface area contributed by atoms with E-state index in [1.165, 1.54) is 0 Å². The predicted molar refractivity (Wildman–Crippen MR) is 72.9 cm³/mol. The summed E-state index contributed by atoms with van der Waals surface area (Å²) in [6.07, 6.45) is 5.60. The number of aromatic nitrogens is 3. The van der Waals surface area contributed by atoms with Gasteiger partial charge in [0, 0.05) is 24.2 Å². The molecule has 1 aliphatic rings. The highest BCUT2D eigenvalue weighted by Crippen LogP contribution is 2.20. The Hall–Kier alpha value is -1.91. The Bertz CT molecular complexity index is 613. The quantitative estimate of drug-likeness (QED) is 0.912. The molecule has 0 unspecified atom stereocenters. The van der Waals surface area contributed by atoms with Crippen LogP contribution in [0.3, 0.4) is 0 Å². The topological polar surface area (TPSA) is 59.8 Å². The second kappa shape index (κ2) is 4.64. The van der Waals surface area contributed by atoms with Crippen LogP contribution in [0.15, 0.2) is 18.5 Å². The number of carbonyl (C=O) groups is 1. The van der Waals surface area contributed by atoms with Crippen molar-refractivity contribution in [2.75, 3.05) is 0 Å². The zero-order valence-electron chi connectivity index (χ0n) is 11.3. The van der Waals surface area contributed by atoms with E-state index in [0.717, 1.165) is 30.4 Å². The maximum Gasteiger partial charge on any atom is 0.253 e. The van der Waals surface area contributed by atoms with E-state index in [4.69, 9.17) is 0 Å². The second-order valence-electron chi connectivity index (χ2n) is 5.61. The summed E-state index contributed by atoms with van der Waals surface area (Å²) in [7, 11) is 0. The average molecular weight is 258 g/mol. The first-order chi connectivity index (χ1) is 9.13. The van der Waals surface area contributed by atoms with Gasteiger partial charge >= 0.3 is 0 Å². The highest BCUT2D eigenvalue weighted by molar-refractivity contribution is 5.97. The van der Waals surface area contributed by atoms with Crippen LogP contribution in [0.5, 0.6) is 0 Å². The van der Waals surface area contributed by atoms with Gasteiger partial charge in [0.15, 0.2) is 5.65 Å². The summed E-state index contributed by atoms with van der Waals surface area (Å²) < 4.78 is 1.89. The second-order valence-corrected chi connectivity index (χ2v) is 5.61. The van der Waals surface area contributed by atoms with E-state index in [2.05, 4.69) is 29.2 Å². The molecule has 0 saturated heterocycles. The number of nitrogens with one attached hydrogen (secondary N) is 1. The number of nitrogens with zero attached hydrogens (tertiary/aromatic N) is 3. The molecular weight excluding hydrogens is 240 g/mol. The molecule has 0 spiro atoms. The zero-order valence-corrected chi connectivity index (χ0v) is 11.3. The van der Waals surface area contributed by atoms with Crippen molar-refractivity contribution >= 4 is 16.9 Å². The van der Waals surface area contributed by atoms with Crippen molar-refractivity contribution in [2.24, 2.45) is 5.92 Å². The van der Waals surface area contributed by atoms with E-state index in [-0.39, 0.29) is 5.91 Å². The third kappa shape index (κ3) is 2.59. The van der Waals surface area contributed by atoms with E-state index in [1.54, 1.807) is 12.4 Å². The minimum atomic E-state index is -0.0338. The largest absolute Gasteiger partial charge is 0.349 e. The van der Waals surface area contributed by atoms with Crippen LogP contribution >= 0.6 is 0 Å². The maximum absolute atomic E-state index is 11.9. The van der Waals surface area contributed by atoms with Gasteiger partial charge in [-0.2, -0.15) is 5.10 Å². The van der Waals surface area contributed by atoms with E-state index in [0.29, 0.717) is 17.5 Å². The molecule has 2 aromatic rings. The van der Waals surface area contributed by atoms with Gasteiger partial charge in [-0.25, -0.2) is 9.67 Å². The lowest BCUT2D eigenvalue weighted by atomic mass is 10.2. The summed E-state index contributed by atoms with van der Waals surface area (Å²) >= 11 is 0. The highest BCUT2D eigenvalue weighted by atomic mass is 16.1. The van der Waals surface area contributed by atoms with E-state index in [1.807, 2.05) is 10.7 Å². The fourth-order valence-corrected chi connectivity index (χ4v) is 2.07. The van der Waals surface area contributed by atoms with E-state index in [9.17, 15) is 4.79 Å². The Balaban J connectivity index is 1.86. The SMILES string of the molecule is CC(C)Cn1ncc2cc(C(=O)NC3CC3)cnc21. The van der Waals surface area contributed by atoms with Crippen LogP contribution in [0.25, 0.3) is 11.0 Å². The summed E-state index contributed by atoms with van der Waals surface area (Å²) in [4.78, 5) is 16.3. The van der Waals surface area contributed by atoms with Crippen LogP contribution in [0.1, 0.15) is 37.0 Å². The minimum Gasteiger partial charge on any atom is -0.349 e. The van der Waals surface area contributed by atoms with Crippen molar-refractivity contribution in [1.82, 2.24) is 20.1 Å². The van der Waals surface area contributed by atoms with Gasteiger partial charge in [0.2, 0.25) is 0 Å². The number of fused-ring (bicyclic) bond motifs is 1. The van der Waals surface area contributed by atoms with Crippen molar-refractivity contribution in [3.05, 3.63) is 24.0 Å². The molecule has 2 heterocycles. The van der Waals surface area contributed by atoms with Gasteiger partial charge in [0.05, 0.1) is 11.8 Å². The van der Waals surface area contributed by atoms with E-state index < -0.39 is 0 Å². The Labute approximate surface area is 112 Å². The summed E-state index contributed by atoms with van der Waals surface area (Å²) in [5, 5.41) is 8.22. The lowest BCUT2D eigenvalue weighted by Crippen LogP contribution is -2.25. The fourth-order valence-electron chi connectivity index (χ4n) is 2.07. The molecule has 0 atom stereocenters. The Morgan fingerprint density at radius 1 is 1.47 bits per heavy atom. The van der Waals surface area contributed by atoms with Crippen molar-refractivity contribution in [2.45, 2.75) is 39.3 Å². The number of carbonyl (C=O) groups excluding carboxylic acids is 1. The zero-order chi connectivity index (χ0) is 13.4. The number of amides is 1. The van der Waals surface area contributed by atoms with Crippen LogP contribution in [0.2, 0.25) is 0 Å². The third-order valence-electron chi connectivity index (χ3n) is 3.19. The lowest BCUT2D eigenvalue weighted by Gasteiger charge is -2.06. The van der Waals surface area contributed by atoms with Gasteiger partial charge in [-0.05, 0) is 24.8 Å². The molecule has 1 amide bonds. The Morgan fingerprint density at radius 2 is 2.26 bits per heavy atom. The smallest absolute Gasteiger partial charge is 0.253 e. The molecule has 5 heteroatoms. The lowest BCUT2D eigenvalue weighted by molar-refractivity contribution is 0.0951. The molecule has 0 aliphatic heterocycles. The number of pyridine rings is 1. The number of rotatable bonds is 4. The third-order valence-corrected chi connectivity index (χ3v) is 3.19. The summed E-state index contributed by atoms with van der Waals surface area (Å²) in [5.41, 5.74) is 1.46. The number of hydrogen-bond donors (Lipinski definition) is 1. The van der Waals surface area contributed by atoms with Crippen LogP contribution in [-0.2, 0) is 6.54 Å². The van der Waals surface area contributed by atoms with Crippen LogP contribution in [-0.4, -0.2) is 26.7 Å². The minimum absolute atomic E-state index is 0.0338. The Kier molecular flexibility index (Phi) is 2.97. The van der Waals surface area contributed by atoms with Gasteiger partial charge in [0.1, 0.15) is 0 Å². The molecule has 0 aromatic carbocycles. The van der Waals surface area contributed by atoms with Crippen molar-refractivity contribution in [3.63, 3.8) is 0 Å². The molecule has 1 saturated carbocycles. The van der Waals surface area contributed by atoms with Crippen LogP contribution < -0.4 is 5.32 Å². The molecule has 0 radical (unpaired) electrons. The molecule has 3 rings (SSSR count). The first kappa shape index (κ1) is 12.1. The predicted octanol–water partition coefficient (Wildman–Crippen LogP) is 1.98. The normalized spacial score (nSPS) is 15.1. The summed E-state index contributed by atoms with van der Waals surface area (Å²) in [6, 6.07) is 2.23. The first-order valence-corrected chi connectivity index (χ1v) is 6.76. The highest BCUT2D eigenvalue weighted by Gasteiger charge is 2.24. The first-order valence-electron chi connectivity index (χ1n) is 6.76. The van der Waals surface area contributed by atoms with Crippen molar-refractivity contribution < 1.29 is 4.79 Å². The fraction of sp³-hybridized carbons (Fsp3) is 0.500. The monoisotopic (exact) mass is 258 g/mol. The standard InChI is InChI=1S/C14H18N4O/c1-9(2)8-18-13-10(7-16-18)5-11(6-15-13)14(19)17-12-3-4-12/h5-7,9,12H,3-4,8H2,1-2H3,(H,17,19). The molecule has 5 nitrogen and oxygen atoms in total. The van der Waals surface area contributed by atoms with Crippen molar-refractivity contribution in [1.29, 1.82) is 0 Å².